The van der Waals surface area contributed by atoms with Crippen LogP contribution in [0.1, 0.15) is 0 Å². The van der Waals surface area contributed by atoms with Crippen molar-refractivity contribution < 1.29 is 64.2 Å². The van der Waals surface area contributed by atoms with Gasteiger partial charge >= 0.3 is 36.6 Å². The summed E-state index contributed by atoms with van der Waals surface area (Å²) in [4.78, 5) is 60.7. The predicted octanol–water partition coefficient (Wildman–Crippen LogP) is -2.45. The van der Waals surface area contributed by atoms with Gasteiger partial charge in [-0.15, -0.1) is 0 Å². The van der Waals surface area contributed by atoms with Crippen LogP contribution in [0.5, 0.6) is 0 Å². The summed E-state index contributed by atoms with van der Waals surface area (Å²) in [5, 5.41) is 43.2. The highest BCUT2D eigenvalue weighted by Crippen LogP contribution is 1.36. The molecule has 0 aromatic rings. The molecule has 156 valence electrons. The summed E-state index contributed by atoms with van der Waals surface area (Å²) in [5.74, 6) is 0. The molecule has 0 aliphatic carbocycles. The number of primary amides is 6. The quantitative estimate of drug-likeness (QED) is 0.202. The SMILES string of the molecule is C=O.NC(=O)O.NC(=O)O.NC(=O)O.NC(=O)O.NC(=O)O.NC(=O)O. The van der Waals surface area contributed by atoms with Gasteiger partial charge in [-0.2, -0.15) is 0 Å². The molecular weight excluding hydrogens is 376 g/mol. The summed E-state index contributed by atoms with van der Waals surface area (Å²) >= 11 is 0. The Morgan fingerprint density at radius 3 is 0.385 bits per heavy atom. The molecule has 0 saturated heterocycles. The standard InChI is InChI=1S/6CH3NO2.CH2O/c6*2-1(3)4;1-2/h6*2H2,(H,3,4);1H2. The monoisotopic (exact) mass is 396 g/mol. The predicted molar refractivity (Wildman–Crippen MR) is 80.4 cm³/mol. The second kappa shape index (κ2) is 42.7. The Labute approximate surface area is 143 Å². The van der Waals surface area contributed by atoms with E-state index in [4.69, 9.17) is 64.2 Å². The molecule has 0 rings (SSSR count). The molecule has 6 amide bonds. The molecule has 0 unspecified atom stereocenters. The third-order valence-electron chi connectivity index (χ3n) is 0. The van der Waals surface area contributed by atoms with E-state index in [1.807, 2.05) is 6.79 Å². The number of amides is 6. The molecule has 0 aromatic heterocycles. The smallest absolute Gasteiger partial charge is 0.402 e. The number of rotatable bonds is 0. The van der Waals surface area contributed by atoms with E-state index in [1.54, 1.807) is 0 Å². The number of hydrogen-bond acceptors (Lipinski definition) is 7. The van der Waals surface area contributed by atoms with Crippen LogP contribution >= 0.6 is 0 Å². The van der Waals surface area contributed by atoms with Gasteiger partial charge in [0.05, 0.1) is 0 Å². The zero-order chi connectivity index (χ0) is 23.5. The molecule has 0 aliphatic heterocycles. The van der Waals surface area contributed by atoms with Crippen molar-refractivity contribution >= 4 is 43.3 Å². The Bertz CT molecular complexity index is 283. The lowest BCUT2D eigenvalue weighted by Crippen LogP contribution is -2.03. The fraction of sp³-hybridized carbons (Fsp3) is 0. The molecule has 0 aliphatic rings. The molecule has 0 atom stereocenters. The second-order valence-electron chi connectivity index (χ2n) is 2.03. The zero-order valence-electron chi connectivity index (χ0n) is 12.7. The van der Waals surface area contributed by atoms with E-state index in [9.17, 15) is 0 Å². The Morgan fingerprint density at radius 2 is 0.385 bits per heavy atom. The number of hydrogen-bond donors (Lipinski definition) is 12. The van der Waals surface area contributed by atoms with Gasteiger partial charge in [-0.05, 0) is 0 Å². The molecule has 0 bridgehead atoms. The van der Waals surface area contributed by atoms with Gasteiger partial charge in [-0.3, -0.25) is 0 Å². The summed E-state index contributed by atoms with van der Waals surface area (Å²) in [6.45, 7) is 2.00. The zero-order valence-corrected chi connectivity index (χ0v) is 12.7. The van der Waals surface area contributed by atoms with Crippen molar-refractivity contribution in [3.63, 3.8) is 0 Å². The Morgan fingerprint density at radius 1 is 0.385 bits per heavy atom. The van der Waals surface area contributed by atoms with E-state index in [0.29, 0.717) is 0 Å². The largest absolute Gasteiger partial charge is 0.465 e. The van der Waals surface area contributed by atoms with Crippen LogP contribution in [0.4, 0.5) is 28.8 Å². The van der Waals surface area contributed by atoms with Crippen LogP contribution in [-0.4, -0.2) is 74.0 Å². The van der Waals surface area contributed by atoms with Crippen LogP contribution in [0.15, 0.2) is 0 Å². The minimum atomic E-state index is -1.33. The van der Waals surface area contributed by atoms with Crippen molar-refractivity contribution in [2.24, 2.45) is 34.4 Å². The van der Waals surface area contributed by atoms with Gasteiger partial charge in [0.1, 0.15) is 6.79 Å². The molecule has 19 heteroatoms. The first-order chi connectivity index (χ1) is 11.4. The molecule has 18 N–H and O–H groups in total. The van der Waals surface area contributed by atoms with E-state index >= 15 is 0 Å². The van der Waals surface area contributed by atoms with Crippen molar-refractivity contribution in [2.75, 3.05) is 0 Å². The first-order valence-electron chi connectivity index (χ1n) is 4.59. The maximum atomic E-state index is 8.78. The van der Waals surface area contributed by atoms with Crippen LogP contribution < -0.4 is 34.4 Å². The summed E-state index contributed by atoms with van der Waals surface area (Å²) in [7, 11) is 0. The minimum absolute atomic E-state index is 1.33. The van der Waals surface area contributed by atoms with Crippen LogP contribution in [0.25, 0.3) is 0 Å². The molecule has 26 heavy (non-hydrogen) atoms. The Hall–Kier alpha value is -4.71. The van der Waals surface area contributed by atoms with Gasteiger partial charge in [0, 0.05) is 0 Å². The fourth-order valence-electron chi connectivity index (χ4n) is 0. The molecule has 0 aromatic carbocycles. The van der Waals surface area contributed by atoms with Crippen molar-refractivity contribution in [2.45, 2.75) is 0 Å². The second-order valence-corrected chi connectivity index (χ2v) is 2.03. The van der Waals surface area contributed by atoms with Gasteiger partial charge < -0.3 is 69.8 Å². The van der Waals surface area contributed by atoms with Gasteiger partial charge in [-0.25, -0.2) is 28.8 Å². The number of carbonyl (C=O) groups excluding carboxylic acids is 1. The maximum absolute atomic E-state index is 8.78. The van der Waals surface area contributed by atoms with E-state index in [1.165, 1.54) is 0 Å². The topological polar surface area (TPSA) is 397 Å². The minimum Gasteiger partial charge on any atom is -0.465 e. The lowest BCUT2D eigenvalue weighted by Gasteiger charge is -1.61. The molecule has 0 saturated carbocycles. The van der Waals surface area contributed by atoms with Crippen molar-refractivity contribution in [1.29, 1.82) is 0 Å². The highest BCUT2D eigenvalue weighted by Gasteiger charge is 1.66. The molecule has 0 fully saturated rings. The highest BCUT2D eigenvalue weighted by atomic mass is 16.4. The van der Waals surface area contributed by atoms with E-state index < -0.39 is 36.6 Å². The van der Waals surface area contributed by atoms with E-state index in [2.05, 4.69) is 34.4 Å². The molecular formula is C7H20N6O13. The van der Waals surface area contributed by atoms with Crippen LogP contribution in [0.3, 0.4) is 0 Å². The van der Waals surface area contributed by atoms with Gasteiger partial charge in [0.25, 0.3) is 0 Å². The average molecular weight is 396 g/mol. The van der Waals surface area contributed by atoms with Gasteiger partial charge in [-0.1, -0.05) is 0 Å². The lowest BCUT2D eigenvalue weighted by molar-refractivity contribution is -0.0980. The summed E-state index contributed by atoms with van der Waals surface area (Å²) in [5.41, 5.74) is 24.2. The highest BCUT2D eigenvalue weighted by molar-refractivity contribution is 5.62. The van der Waals surface area contributed by atoms with E-state index in [0.717, 1.165) is 0 Å². The first-order valence-corrected chi connectivity index (χ1v) is 4.59. The molecule has 0 spiro atoms. The number of carboxylic acid groups (broad SMARTS) is 6. The van der Waals surface area contributed by atoms with Crippen LogP contribution in [0.2, 0.25) is 0 Å². The summed E-state index contributed by atoms with van der Waals surface area (Å²) < 4.78 is 0. The number of carbonyl (C=O) groups is 7. The van der Waals surface area contributed by atoms with E-state index in [-0.39, 0.29) is 0 Å². The summed E-state index contributed by atoms with van der Waals surface area (Å²) in [6.07, 6.45) is -8.00. The molecule has 0 radical (unpaired) electrons. The van der Waals surface area contributed by atoms with Crippen molar-refractivity contribution in [3.8, 4) is 0 Å². The lowest BCUT2D eigenvalue weighted by atomic mass is 11.3. The fourth-order valence-corrected chi connectivity index (χ4v) is 0. The van der Waals surface area contributed by atoms with Crippen molar-refractivity contribution in [3.05, 3.63) is 0 Å². The van der Waals surface area contributed by atoms with Gasteiger partial charge in [0.2, 0.25) is 0 Å². The first kappa shape index (κ1) is 42.9. The molecule has 19 nitrogen and oxygen atoms in total. The van der Waals surface area contributed by atoms with Crippen LogP contribution in [0, 0.1) is 0 Å². The maximum Gasteiger partial charge on any atom is 0.402 e. The van der Waals surface area contributed by atoms with Gasteiger partial charge in [0.15, 0.2) is 0 Å². The average Bonchev–Trinajstić information content (AvgIpc) is 2.25. The molecule has 0 heterocycles. The van der Waals surface area contributed by atoms with Crippen molar-refractivity contribution in [1.82, 2.24) is 0 Å². The van der Waals surface area contributed by atoms with Crippen LogP contribution in [-0.2, 0) is 4.79 Å². The third kappa shape index (κ3) is 291. The number of nitrogens with two attached hydrogens (primary N) is 6. The Balaban J connectivity index is -0.0000000327. The Kier molecular flexibility index (Phi) is 70.6. The summed E-state index contributed by atoms with van der Waals surface area (Å²) in [6, 6.07) is 0. The normalized spacial score (nSPS) is 5.69. The third-order valence-corrected chi connectivity index (χ3v) is 0.